The Balaban J connectivity index is 2.50. The second-order valence-electron chi connectivity index (χ2n) is 12.6. The zero-order valence-electron chi connectivity index (χ0n) is 28.0. The molecule has 2 unspecified atom stereocenters. The third-order valence-electron chi connectivity index (χ3n) is 9.24. The molecule has 1 fully saturated rings. The van der Waals surface area contributed by atoms with Crippen molar-refractivity contribution >= 4 is 12.1 Å². The third kappa shape index (κ3) is 16.8. The number of esters is 1. The summed E-state index contributed by atoms with van der Waals surface area (Å²) < 4.78 is 11.5. The van der Waals surface area contributed by atoms with Crippen molar-refractivity contribution in [2.75, 3.05) is 45.9 Å². The summed E-state index contributed by atoms with van der Waals surface area (Å²) in [5, 5.41) is 0. The predicted octanol–water partition coefficient (Wildman–Crippen LogP) is 9.40. The van der Waals surface area contributed by atoms with Crippen LogP contribution in [-0.4, -0.2) is 67.8 Å². The van der Waals surface area contributed by atoms with Crippen LogP contribution in [0.4, 0.5) is 4.79 Å². The lowest BCUT2D eigenvalue weighted by Gasteiger charge is -2.29. The standard InChI is InChI=1S/C35H68N2O4/c1-6-11-14-16-17-19-23-32(22-18-15-12-7-2)33(38)40-29-20-25-35(24-13-8-3)26-28-37(31-35)34(39)41-30-21-27-36(9-4)10-5/h32H,6-31H2,1-5H3. The second kappa shape index (κ2) is 24.2. The van der Waals surface area contributed by atoms with Gasteiger partial charge in [0.1, 0.15) is 0 Å². The summed E-state index contributed by atoms with van der Waals surface area (Å²) in [6.45, 7) is 16.6. The van der Waals surface area contributed by atoms with Crippen molar-refractivity contribution in [3.05, 3.63) is 0 Å². The van der Waals surface area contributed by atoms with Gasteiger partial charge in [0.05, 0.1) is 19.1 Å². The Kier molecular flexibility index (Phi) is 22.2. The van der Waals surface area contributed by atoms with Crippen molar-refractivity contribution in [2.45, 2.75) is 157 Å². The van der Waals surface area contributed by atoms with E-state index in [1.54, 1.807) is 0 Å². The number of carbonyl (C=O) groups excluding carboxylic acids is 2. The molecule has 6 heteroatoms. The van der Waals surface area contributed by atoms with Crippen LogP contribution < -0.4 is 0 Å². The molecule has 0 aliphatic carbocycles. The van der Waals surface area contributed by atoms with Crippen LogP contribution in [0, 0.1) is 11.3 Å². The normalized spacial score (nSPS) is 17.8. The number of unbranched alkanes of at least 4 members (excludes halogenated alkanes) is 9. The van der Waals surface area contributed by atoms with Gasteiger partial charge in [0.2, 0.25) is 0 Å². The molecule has 2 atom stereocenters. The molecule has 1 amide bonds. The number of ether oxygens (including phenoxy) is 2. The van der Waals surface area contributed by atoms with Gasteiger partial charge in [-0.15, -0.1) is 0 Å². The molecule has 0 N–H and O–H groups in total. The first-order chi connectivity index (χ1) is 19.9. The fourth-order valence-corrected chi connectivity index (χ4v) is 6.36. The maximum absolute atomic E-state index is 13.1. The predicted molar refractivity (Wildman–Crippen MR) is 172 cm³/mol. The summed E-state index contributed by atoms with van der Waals surface area (Å²) in [5.74, 6) is 0.0876. The highest BCUT2D eigenvalue weighted by atomic mass is 16.6. The minimum absolute atomic E-state index is 0.0269. The summed E-state index contributed by atoms with van der Waals surface area (Å²) in [6.07, 6.45) is 21.4. The number of hydrogen-bond acceptors (Lipinski definition) is 5. The molecule has 0 spiro atoms. The maximum Gasteiger partial charge on any atom is 0.409 e. The molecule has 0 aromatic heterocycles. The first-order valence-electron chi connectivity index (χ1n) is 17.8. The van der Waals surface area contributed by atoms with E-state index in [0.717, 1.165) is 96.9 Å². The molecule has 1 rings (SSSR count). The Morgan fingerprint density at radius 2 is 1.27 bits per heavy atom. The van der Waals surface area contributed by atoms with Crippen LogP contribution in [-0.2, 0) is 14.3 Å². The Morgan fingerprint density at radius 1 is 0.707 bits per heavy atom. The molecule has 0 bridgehead atoms. The average Bonchev–Trinajstić information content (AvgIpc) is 3.41. The van der Waals surface area contributed by atoms with Crippen LogP contribution in [0.5, 0.6) is 0 Å². The smallest absolute Gasteiger partial charge is 0.409 e. The van der Waals surface area contributed by atoms with Gasteiger partial charge in [0.25, 0.3) is 0 Å². The van der Waals surface area contributed by atoms with Crippen LogP contribution in [0.2, 0.25) is 0 Å². The Bertz CT molecular complexity index is 654. The lowest BCUT2D eigenvalue weighted by Crippen LogP contribution is -2.33. The number of carbonyl (C=O) groups is 2. The first-order valence-corrected chi connectivity index (χ1v) is 17.8. The van der Waals surface area contributed by atoms with Gasteiger partial charge in [-0.25, -0.2) is 4.79 Å². The quantitative estimate of drug-likeness (QED) is 0.0753. The molecular weight excluding hydrogens is 512 g/mol. The van der Waals surface area contributed by atoms with Crippen LogP contribution in [0.1, 0.15) is 157 Å². The van der Waals surface area contributed by atoms with Gasteiger partial charge < -0.3 is 19.3 Å². The fourth-order valence-electron chi connectivity index (χ4n) is 6.36. The van der Waals surface area contributed by atoms with Gasteiger partial charge in [-0.2, -0.15) is 0 Å². The van der Waals surface area contributed by atoms with E-state index in [1.807, 2.05) is 4.90 Å². The fraction of sp³-hybridized carbons (Fsp3) is 0.943. The van der Waals surface area contributed by atoms with Gasteiger partial charge in [-0.1, -0.05) is 112 Å². The van der Waals surface area contributed by atoms with Crippen LogP contribution in [0.25, 0.3) is 0 Å². The summed E-state index contributed by atoms with van der Waals surface area (Å²) in [5.41, 5.74) is 0.126. The lowest BCUT2D eigenvalue weighted by molar-refractivity contribution is -0.149. The largest absolute Gasteiger partial charge is 0.465 e. The van der Waals surface area contributed by atoms with E-state index in [2.05, 4.69) is 39.5 Å². The monoisotopic (exact) mass is 581 g/mol. The number of rotatable bonds is 26. The molecule has 41 heavy (non-hydrogen) atoms. The van der Waals surface area contributed by atoms with Crippen molar-refractivity contribution < 1.29 is 19.1 Å². The van der Waals surface area contributed by atoms with Gasteiger partial charge in [-0.3, -0.25) is 4.79 Å². The van der Waals surface area contributed by atoms with Crippen molar-refractivity contribution in [3.8, 4) is 0 Å². The molecule has 242 valence electrons. The summed E-state index contributed by atoms with van der Waals surface area (Å²) in [7, 11) is 0. The molecule has 1 aliphatic rings. The van der Waals surface area contributed by atoms with E-state index < -0.39 is 0 Å². The highest BCUT2D eigenvalue weighted by Crippen LogP contribution is 2.40. The van der Waals surface area contributed by atoms with E-state index in [-0.39, 0.29) is 23.4 Å². The van der Waals surface area contributed by atoms with E-state index in [0.29, 0.717) is 13.2 Å². The minimum Gasteiger partial charge on any atom is -0.465 e. The second-order valence-corrected chi connectivity index (χ2v) is 12.6. The van der Waals surface area contributed by atoms with E-state index in [4.69, 9.17) is 9.47 Å². The van der Waals surface area contributed by atoms with Gasteiger partial charge in [0.15, 0.2) is 0 Å². The summed E-state index contributed by atoms with van der Waals surface area (Å²) in [4.78, 5) is 30.1. The highest BCUT2D eigenvalue weighted by Gasteiger charge is 2.39. The van der Waals surface area contributed by atoms with E-state index in [9.17, 15) is 9.59 Å². The number of nitrogens with zero attached hydrogens (tertiary/aromatic N) is 2. The average molecular weight is 581 g/mol. The van der Waals surface area contributed by atoms with Crippen molar-refractivity contribution in [1.82, 2.24) is 9.80 Å². The topological polar surface area (TPSA) is 59.1 Å². The minimum atomic E-state index is -0.157. The van der Waals surface area contributed by atoms with Crippen LogP contribution >= 0.6 is 0 Å². The number of amides is 1. The Labute approximate surface area is 254 Å². The molecule has 0 aromatic rings. The SMILES string of the molecule is CCCCCCCCC(CCCCCC)C(=O)OCCCC1(CCCC)CCN(C(=O)OCCCN(CC)CC)C1. The Hall–Kier alpha value is -1.30. The molecule has 1 heterocycles. The molecular formula is C35H68N2O4. The summed E-state index contributed by atoms with van der Waals surface area (Å²) in [6, 6.07) is 0. The number of hydrogen-bond donors (Lipinski definition) is 0. The van der Waals surface area contributed by atoms with Crippen molar-refractivity contribution in [3.63, 3.8) is 0 Å². The van der Waals surface area contributed by atoms with Crippen LogP contribution in [0.3, 0.4) is 0 Å². The first kappa shape index (κ1) is 37.7. The highest BCUT2D eigenvalue weighted by molar-refractivity contribution is 5.72. The van der Waals surface area contributed by atoms with Gasteiger partial charge >= 0.3 is 12.1 Å². The van der Waals surface area contributed by atoms with Gasteiger partial charge in [0, 0.05) is 19.6 Å². The number of likely N-dealkylation sites (tertiary alicyclic amines) is 1. The lowest BCUT2D eigenvalue weighted by atomic mass is 9.78. The van der Waals surface area contributed by atoms with Gasteiger partial charge in [-0.05, 0) is 63.5 Å². The zero-order valence-corrected chi connectivity index (χ0v) is 28.0. The Morgan fingerprint density at radius 3 is 1.90 bits per heavy atom. The van der Waals surface area contributed by atoms with E-state index in [1.165, 1.54) is 57.8 Å². The molecule has 6 nitrogen and oxygen atoms in total. The molecule has 1 saturated heterocycles. The van der Waals surface area contributed by atoms with Crippen LogP contribution in [0.15, 0.2) is 0 Å². The molecule has 1 aliphatic heterocycles. The third-order valence-corrected chi connectivity index (χ3v) is 9.24. The van der Waals surface area contributed by atoms with Crippen molar-refractivity contribution in [2.24, 2.45) is 11.3 Å². The zero-order chi connectivity index (χ0) is 30.2. The molecule has 0 saturated carbocycles. The summed E-state index contributed by atoms with van der Waals surface area (Å²) >= 11 is 0. The van der Waals surface area contributed by atoms with E-state index >= 15 is 0 Å². The maximum atomic E-state index is 13.1. The van der Waals surface area contributed by atoms with Crippen molar-refractivity contribution in [1.29, 1.82) is 0 Å². The molecule has 0 radical (unpaired) electrons. The molecule has 0 aromatic carbocycles.